The first kappa shape index (κ1) is 12.2. The van der Waals surface area contributed by atoms with E-state index in [0.29, 0.717) is 0 Å². The molecule has 0 heterocycles. The zero-order valence-electron chi connectivity index (χ0n) is 10.7. The molecular weight excluding hydrogens is 214 g/mol. The number of ether oxygens (including phenoxy) is 2. The predicted molar refractivity (Wildman–Crippen MR) is 68.6 cm³/mol. The molecule has 0 radical (unpaired) electrons. The molecule has 0 unspecified atom stereocenters. The van der Waals surface area contributed by atoms with E-state index in [0.717, 1.165) is 37.1 Å². The van der Waals surface area contributed by atoms with Gasteiger partial charge in [-0.2, -0.15) is 0 Å². The summed E-state index contributed by atoms with van der Waals surface area (Å²) < 4.78 is 11.1. The highest BCUT2D eigenvalue weighted by Crippen LogP contribution is 2.31. The monoisotopic (exact) mass is 235 g/mol. The van der Waals surface area contributed by atoms with Gasteiger partial charge in [0.15, 0.2) is 0 Å². The topological polar surface area (TPSA) is 30.5 Å². The molecule has 0 amide bonds. The lowest BCUT2D eigenvalue weighted by Gasteiger charge is -2.13. The van der Waals surface area contributed by atoms with E-state index in [1.807, 2.05) is 12.1 Å². The van der Waals surface area contributed by atoms with Crippen LogP contribution in [0.1, 0.15) is 25.3 Å². The Morgan fingerprint density at radius 2 is 2.18 bits per heavy atom. The van der Waals surface area contributed by atoms with Crippen molar-refractivity contribution in [2.24, 2.45) is 5.92 Å². The van der Waals surface area contributed by atoms with Crippen LogP contribution >= 0.6 is 0 Å². The quantitative estimate of drug-likeness (QED) is 0.788. The Labute approximate surface area is 103 Å². The zero-order valence-corrected chi connectivity index (χ0v) is 10.7. The molecule has 0 bridgehead atoms. The van der Waals surface area contributed by atoms with Gasteiger partial charge in [0.05, 0.1) is 13.7 Å². The summed E-state index contributed by atoms with van der Waals surface area (Å²) in [6.07, 6.45) is 2.62. The highest BCUT2D eigenvalue weighted by Gasteiger charge is 2.22. The van der Waals surface area contributed by atoms with Crippen molar-refractivity contribution >= 4 is 0 Å². The molecule has 3 heteroatoms. The average Bonchev–Trinajstić information content (AvgIpc) is 3.18. The summed E-state index contributed by atoms with van der Waals surface area (Å²) in [4.78, 5) is 0. The van der Waals surface area contributed by atoms with Gasteiger partial charge >= 0.3 is 0 Å². The third kappa shape index (κ3) is 3.63. The van der Waals surface area contributed by atoms with Crippen LogP contribution in [-0.4, -0.2) is 20.3 Å². The van der Waals surface area contributed by atoms with Crippen LogP contribution in [0.2, 0.25) is 0 Å². The van der Waals surface area contributed by atoms with Crippen molar-refractivity contribution in [2.45, 2.75) is 26.3 Å². The summed E-state index contributed by atoms with van der Waals surface area (Å²) in [6, 6.07) is 6.04. The summed E-state index contributed by atoms with van der Waals surface area (Å²) >= 11 is 0. The lowest BCUT2D eigenvalue weighted by atomic mass is 10.2. The van der Waals surface area contributed by atoms with Gasteiger partial charge in [-0.3, -0.25) is 0 Å². The molecule has 94 valence electrons. The van der Waals surface area contributed by atoms with Gasteiger partial charge in [-0.05, 0) is 31.4 Å². The van der Waals surface area contributed by atoms with E-state index in [2.05, 4.69) is 18.3 Å². The highest BCUT2D eigenvalue weighted by atomic mass is 16.5. The predicted octanol–water partition coefficient (Wildman–Crippen LogP) is 2.59. The van der Waals surface area contributed by atoms with Crippen molar-refractivity contribution in [3.63, 3.8) is 0 Å². The van der Waals surface area contributed by atoms with Gasteiger partial charge in [-0.1, -0.05) is 13.0 Å². The Morgan fingerprint density at radius 3 is 2.82 bits per heavy atom. The van der Waals surface area contributed by atoms with E-state index < -0.39 is 0 Å². The number of hydrogen-bond acceptors (Lipinski definition) is 3. The van der Waals surface area contributed by atoms with E-state index >= 15 is 0 Å². The van der Waals surface area contributed by atoms with Gasteiger partial charge in [0.1, 0.15) is 11.5 Å². The van der Waals surface area contributed by atoms with Crippen molar-refractivity contribution in [1.29, 1.82) is 0 Å². The van der Waals surface area contributed by atoms with E-state index in [-0.39, 0.29) is 0 Å². The molecule has 0 aliphatic heterocycles. The number of rotatable bonds is 7. The Hall–Kier alpha value is -1.22. The fraction of sp³-hybridized carbons (Fsp3) is 0.571. The summed E-state index contributed by atoms with van der Waals surface area (Å²) in [7, 11) is 1.68. The molecule has 0 atom stereocenters. The van der Waals surface area contributed by atoms with Gasteiger partial charge < -0.3 is 14.8 Å². The van der Waals surface area contributed by atoms with Crippen LogP contribution in [0.4, 0.5) is 0 Å². The standard InChI is InChI=1S/C14H21NO2/c1-3-15-9-12-6-7-13(16-2)8-14(12)17-10-11-4-5-11/h6-8,11,15H,3-5,9-10H2,1-2H3. The van der Waals surface area contributed by atoms with Gasteiger partial charge in [-0.15, -0.1) is 0 Å². The second kappa shape index (κ2) is 5.92. The van der Waals surface area contributed by atoms with Crippen molar-refractivity contribution in [1.82, 2.24) is 5.32 Å². The Bertz CT molecular complexity index is 361. The molecule has 1 aromatic rings. The summed E-state index contributed by atoms with van der Waals surface area (Å²) in [6.45, 7) is 4.76. The Kier molecular flexibility index (Phi) is 4.26. The van der Waals surface area contributed by atoms with Crippen LogP contribution in [0, 0.1) is 5.92 Å². The lowest BCUT2D eigenvalue weighted by Crippen LogP contribution is -2.13. The second-order valence-electron chi connectivity index (χ2n) is 4.51. The van der Waals surface area contributed by atoms with Crippen LogP contribution in [0.5, 0.6) is 11.5 Å². The minimum absolute atomic E-state index is 0.771. The molecule has 1 aromatic carbocycles. The van der Waals surface area contributed by atoms with E-state index in [1.54, 1.807) is 7.11 Å². The highest BCUT2D eigenvalue weighted by molar-refractivity contribution is 5.40. The number of benzene rings is 1. The molecule has 3 nitrogen and oxygen atoms in total. The zero-order chi connectivity index (χ0) is 12.1. The SMILES string of the molecule is CCNCc1ccc(OC)cc1OCC1CC1. The average molecular weight is 235 g/mol. The molecule has 1 saturated carbocycles. The smallest absolute Gasteiger partial charge is 0.127 e. The third-order valence-corrected chi connectivity index (χ3v) is 3.01. The molecule has 17 heavy (non-hydrogen) atoms. The van der Waals surface area contributed by atoms with Crippen molar-refractivity contribution < 1.29 is 9.47 Å². The summed E-state index contributed by atoms with van der Waals surface area (Å²) in [5.41, 5.74) is 1.20. The number of nitrogens with one attached hydrogen (secondary N) is 1. The molecular formula is C14H21NO2. The third-order valence-electron chi connectivity index (χ3n) is 3.01. The first-order valence-corrected chi connectivity index (χ1v) is 6.34. The molecule has 1 N–H and O–H groups in total. The van der Waals surface area contributed by atoms with Crippen LogP contribution in [0.3, 0.4) is 0 Å². The molecule has 0 spiro atoms. The van der Waals surface area contributed by atoms with Gasteiger partial charge in [0.25, 0.3) is 0 Å². The molecule has 0 saturated heterocycles. The fourth-order valence-corrected chi connectivity index (χ4v) is 1.69. The first-order chi connectivity index (χ1) is 8.33. The van der Waals surface area contributed by atoms with Gasteiger partial charge in [-0.25, -0.2) is 0 Å². The summed E-state index contributed by atoms with van der Waals surface area (Å²) in [5, 5.41) is 3.32. The van der Waals surface area contributed by atoms with Crippen molar-refractivity contribution in [2.75, 3.05) is 20.3 Å². The molecule has 1 fully saturated rings. The Balaban J connectivity index is 2.04. The maximum Gasteiger partial charge on any atom is 0.127 e. The van der Waals surface area contributed by atoms with Crippen LogP contribution in [0.25, 0.3) is 0 Å². The van der Waals surface area contributed by atoms with Crippen LogP contribution in [-0.2, 0) is 6.54 Å². The number of methoxy groups -OCH3 is 1. The molecule has 0 aromatic heterocycles. The van der Waals surface area contributed by atoms with E-state index in [9.17, 15) is 0 Å². The largest absolute Gasteiger partial charge is 0.497 e. The van der Waals surface area contributed by atoms with Gasteiger partial charge in [0.2, 0.25) is 0 Å². The number of hydrogen-bond donors (Lipinski definition) is 1. The molecule has 1 aliphatic rings. The van der Waals surface area contributed by atoms with Crippen molar-refractivity contribution in [3.05, 3.63) is 23.8 Å². The molecule has 1 aliphatic carbocycles. The van der Waals surface area contributed by atoms with Gasteiger partial charge in [0, 0.05) is 18.2 Å². The minimum Gasteiger partial charge on any atom is -0.497 e. The van der Waals surface area contributed by atoms with E-state index in [4.69, 9.17) is 9.47 Å². The fourth-order valence-electron chi connectivity index (χ4n) is 1.69. The van der Waals surface area contributed by atoms with Crippen LogP contribution < -0.4 is 14.8 Å². The van der Waals surface area contributed by atoms with E-state index in [1.165, 1.54) is 18.4 Å². The maximum absolute atomic E-state index is 5.88. The second-order valence-corrected chi connectivity index (χ2v) is 4.51. The van der Waals surface area contributed by atoms with Crippen LogP contribution in [0.15, 0.2) is 18.2 Å². The minimum atomic E-state index is 0.771. The Morgan fingerprint density at radius 1 is 1.35 bits per heavy atom. The maximum atomic E-state index is 5.88. The first-order valence-electron chi connectivity index (χ1n) is 6.34. The normalized spacial score (nSPS) is 14.7. The summed E-state index contributed by atoms with van der Waals surface area (Å²) in [5.74, 6) is 2.58. The molecule has 2 rings (SSSR count). The lowest BCUT2D eigenvalue weighted by molar-refractivity contribution is 0.294. The van der Waals surface area contributed by atoms with Crippen molar-refractivity contribution in [3.8, 4) is 11.5 Å².